The zero-order chi connectivity index (χ0) is 19.5. The molecule has 1 unspecified atom stereocenters. The monoisotopic (exact) mass is 375 g/mol. The van der Waals surface area contributed by atoms with Gasteiger partial charge in [0.15, 0.2) is 0 Å². The Labute approximate surface area is 164 Å². The lowest BCUT2D eigenvalue weighted by Gasteiger charge is -2.40. The second-order valence-electron chi connectivity index (χ2n) is 7.13. The third-order valence-electron chi connectivity index (χ3n) is 5.16. The van der Waals surface area contributed by atoms with Crippen molar-refractivity contribution < 1.29 is 9.18 Å². The minimum Gasteiger partial charge on any atom is -0.329 e. The van der Waals surface area contributed by atoms with Crippen LogP contribution >= 0.6 is 0 Å². The molecule has 1 atom stereocenters. The maximum atomic E-state index is 13.4. The third-order valence-corrected chi connectivity index (χ3v) is 5.16. The van der Waals surface area contributed by atoms with E-state index >= 15 is 0 Å². The zero-order valence-electron chi connectivity index (χ0n) is 15.8. The van der Waals surface area contributed by atoms with Crippen molar-refractivity contribution in [1.29, 1.82) is 0 Å². The molecule has 142 valence electrons. The molecule has 4 rings (SSSR count). The molecular formula is C23H22FN3O. The number of amides is 1. The summed E-state index contributed by atoms with van der Waals surface area (Å²) in [6.07, 6.45) is 1.59. The van der Waals surface area contributed by atoms with Gasteiger partial charge in [-0.15, -0.1) is 0 Å². The number of rotatable bonds is 3. The Morgan fingerprint density at radius 2 is 1.86 bits per heavy atom. The highest BCUT2D eigenvalue weighted by Crippen LogP contribution is 2.27. The van der Waals surface area contributed by atoms with Crippen LogP contribution in [0.5, 0.6) is 0 Å². The molecule has 0 saturated carbocycles. The van der Waals surface area contributed by atoms with Crippen molar-refractivity contribution in [3.8, 4) is 11.3 Å². The number of benzene rings is 2. The average Bonchev–Trinajstić information content (AvgIpc) is 2.74. The number of halogens is 1. The van der Waals surface area contributed by atoms with E-state index in [2.05, 4.69) is 29.1 Å². The van der Waals surface area contributed by atoms with Gasteiger partial charge in [0.1, 0.15) is 5.82 Å². The lowest BCUT2D eigenvalue weighted by Crippen LogP contribution is -2.49. The van der Waals surface area contributed by atoms with Gasteiger partial charge in [-0.1, -0.05) is 42.5 Å². The molecule has 2 heterocycles. The summed E-state index contributed by atoms with van der Waals surface area (Å²) >= 11 is 0. The predicted molar refractivity (Wildman–Crippen MR) is 107 cm³/mol. The Balaban J connectivity index is 1.59. The highest BCUT2D eigenvalue weighted by molar-refractivity contribution is 5.94. The molecule has 1 fully saturated rings. The van der Waals surface area contributed by atoms with E-state index in [1.54, 1.807) is 30.5 Å². The van der Waals surface area contributed by atoms with E-state index < -0.39 is 0 Å². The summed E-state index contributed by atoms with van der Waals surface area (Å²) in [4.78, 5) is 21.8. The lowest BCUT2D eigenvalue weighted by atomic mass is 10.0. The molecular weight excluding hydrogens is 353 g/mol. The van der Waals surface area contributed by atoms with Gasteiger partial charge in [0, 0.05) is 31.4 Å². The largest absolute Gasteiger partial charge is 0.329 e. The first-order chi connectivity index (χ1) is 13.6. The summed E-state index contributed by atoms with van der Waals surface area (Å²) < 4.78 is 13.4. The number of carbonyl (C=O) groups is 1. The van der Waals surface area contributed by atoms with Gasteiger partial charge in [0.05, 0.1) is 17.3 Å². The van der Waals surface area contributed by atoms with Crippen molar-refractivity contribution in [2.24, 2.45) is 0 Å². The van der Waals surface area contributed by atoms with Crippen LogP contribution in [0.4, 0.5) is 4.39 Å². The molecule has 1 amide bonds. The van der Waals surface area contributed by atoms with Crippen LogP contribution < -0.4 is 0 Å². The predicted octanol–water partition coefficient (Wildman–Crippen LogP) is 4.02. The summed E-state index contributed by atoms with van der Waals surface area (Å²) in [6, 6.07) is 20.0. The van der Waals surface area contributed by atoms with E-state index in [0.717, 1.165) is 18.7 Å². The summed E-state index contributed by atoms with van der Waals surface area (Å²) in [7, 11) is 2.08. The summed E-state index contributed by atoms with van der Waals surface area (Å²) in [5, 5.41) is 0. The van der Waals surface area contributed by atoms with E-state index in [-0.39, 0.29) is 17.8 Å². The smallest absolute Gasteiger partial charge is 0.256 e. The van der Waals surface area contributed by atoms with E-state index in [4.69, 9.17) is 0 Å². The fourth-order valence-electron chi connectivity index (χ4n) is 3.63. The normalized spacial score (nSPS) is 17.5. The Bertz CT molecular complexity index is 959. The lowest BCUT2D eigenvalue weighted by molar-refractivity contribution is 0.0497. The Morgan fingerprint density at radius 3 is 2.57 bits per heavy atom. The number of nitrogens with zero attached hydrogens (tertiary/aromatic N) is 3. The number of hydrogen-bond donors (Lipinski definition) is 0. The first-order valence-electron chi connectivity index (χ1n) is 9.38. The number of pyridine rings is 1. The van der Waals surface area contributed by atoms with E-state index in [1.807, 2.05) is 23.1 Å². The van der Waals surface area contributed by atoms with Crippen LogP contribution in [0.1, 0.15) is 22.0 Å². The van der Waals surface area contributed by atoms with Gasteiger partial charge in [-0.3, -0.25) is 9.78 Å². The van der Waals surface area contributed by atoms with Gasteiger partial charge < -0.3 is 9.80 Å². The van der Waals surface area contributed by atoms with Gasteiger partial charge in [-0.25, -0.2) is 4.39 Å². The van der Waals surface area contributed by atoms with Crippen LogP contribution in [0.15, 0.2) is 72.9 Å². The molecule has 0 aliphatic carbocycles. The van der Waals surface area contributed by atoms with Gasteiger partial charge in [0.2, 0.25) is 0 Å². The van der Waals surface area contributed by atoms with Gasteiger partial charge in [0.25, 0.3) is 5.91 Å². The van der Waals surface area contributed by atoms with Crippen LogP contribution in [0.25, 0.3) is 11.3 Å². The van der Waals surface area contributed by atoms with Crippen molar-refractivity contribution >= 4 is 5.91 Å². The van der Waals surface area contributed by atoms with Crippen LogP contribution in [0.2, 0.25) is 0 Å². The van der Waals surface area contributed by atoms with Crippen molar-refractivity contribution in [3.05, 3.63) is 89.9 Å². The summed E-state index contributed by atoms with van der Waals surface area (Å²) in [5.74, 6) is -0.331. The molecule has 1 aliphatic heterocycles. The third kappa shape index (κ3) is 3.80. The van der Waals surface area contributed by atoms with Gasteiger partial charge >= 0.3 is 0 Å². The topological polar surface area (TPSA) is 36.4 Å². The van der Waals surface area contributed by atoms with Gasteiger partial charge in [-0.05, 0) is 36.9 Å². The van der Waals surface area contributed by atoms with Crippen molar-refractivity contribution in [1.82, 2.24) is 14.8 Å². The van der Waals surface area contributed by atoms with E-state index in [1.165, 1.54) is 12.1 Å². The fourth-order valence-corrected chi connectivity index (χ4v) is 3.63. The van der Waals surface area contributed by atoms with Crippen LogP contribution in [-0.2, 0) is 0 Å². The van der Waals surface area contributed by atoms with Crippen LogP contribution in [0, 0.1) is 5.82 Å². The standard InChI is InChI=1S/C23H22FN3O/c1-26-12-13-27(22(16-26)17-6-3-2-4-7-17)23(28)19-10-11-21(25-15-19)18-8-5-9-20(24)14-18/h2-11,14-15,22H,12-13,16H2,1H3. The summed E-state index contributed by atoms with van der Waals surface area (Å²) in [5.41, 5.74) is 3.02. The molecule has 1 aliphatic rings. The fraction of sp³-hybridized carbons (Fsp3) is 0.217. The van der Waals surface area contributed by atoms with Crippen molar-refractivity contribution in [3.63, 3.8) is 0 Å². The molecule has 0 radical (unpaired) electrons. The second-order valence-corrected chi connectivity index (χ2v) is 7.13. The molecule has 0 spiro atoms. The molecule has 1 aromatic heterocycles. The molecule has 2 aromatic carbocycles. The number of carbonyl (C=O) groups excluding carboxylic acids is 1. The second kappa shape index (κ2) is 7.90. The minimum atomic E-state index is -0.303. The minimum absolute atomic E-state index is 0.00958. The highest BCUT2D eigenvalue weighted by atomic mass is 19.1. The van der Waals surface area contributed by atoms with Crippen LogP contribution in [-0.4, -0.2) is 47.4 Å². The number of aromatic nitrogens is 1. The van der Waals surface area contributed by atoms with Crippen molar-refractivity contribution in [2.75, 3.05) is 26.7 Å². The Hall–Kier alpha value is -3.05. The summed E-state index contributed by atoms with van der Waals surface area (Å²) in [6.45, 7) is 2.30. The molecule has 4 nitrogen and oxygen atoms in total. The molecule has 5 heteroatoms. The Morgan fingerprint density at radius 1 is 1.04 bits per heavy atom. The zero-order valence-corrected chi connectivity index (χ0v) is 15.8. The molecule has 1 saturated heterocycles. The molecule has 28 heavy (non-hydrogen) atoms. The molecule has 0 bridgehead atoms. The average molecular weight is 375 g/mol. The molecule has 0 N–H and O–H groups in total. The first-order valence-corrected chi connectivity index (χ1v) is 9.38. The number of likely N-dealkylation sites (N-methyl/N-ethyl adjacent to an activating group) is 1. The van der Waals surface area contributed by atoms with Gasteiger partial charge in [-0.2, -0.15) is 0 Å². The maximum Gasteiger partial charge on any atom is 0.256 e. The maximum absolute atomic E-state index is 13.4. The quantitative estimate of drug-likeness (QED) is 0.694. The first kappa shape index (κ1) is 18.3. The Kier molecular flexibility index (Phi) is 5.17. The molecule has 3 aromatic rings. The SMILES string of the molecule is CN1CCN(C(=O)c2ccc(-c3cccc(F)c3)nc2)C(c2ccccc2)C1. The van der Waals surface area contributed by atoms with E-state index in [9.17, 15) is 9.18 Å². The van der Waals surface area contributed by atoms with Crippen LogP contribution in [0.3, 0.4) is 0 Å². The number of piperazine rings is 1. The van der Waals surface area contributed by atoms with E-state index in [0.29, 0.717) is 23.4 Å². The van der Waals surface area contributed by atoms with Crippen molar-refractivity contribution in [2.45, 2.75) is 6.04 Å². The highest BCUT2D eigenvalue weighted by Gasteiger charge is 2.30. The number of hydrogen-bond acceptors (Lipinski definition) is 3.